The van der Waals surface area contributed by atoms with Gasteiger partial charge in [-0.2, -0.15) is 0 Å². The van der Waals surface area contributed by atoms with Crippen molar-refractivity contribution in [1.82, 2.24) is 0 Å². The molecule has 1 rings (SSSR count). The molecule has 0 fully saturated rings. The predicted octanol–water partition coefficient (Wildman–Crippen LogP) is 3.92. The molecule has 0 heterocycles. The Hall–Kier alpha value is -0.260. The zero-order chi connectivity index (χ0) is 8.10. The Kier molecular flexibility index (Phi) is 3.68. The van der Waals surface area contributed by atoms with Gasteiger partial charge in [0.25, 0.3) is 0 Å². The summed E-state index contributed by atoms with van der Waals surface area (Å²) in [7, 11) is 0. The predicted molar refractivity (Wildman–Crippen MR) is 50.6 cm³/mol. The van der Waals surface area contributed by atoms with Gasteiger partial charge in [-0.3, -0.25) is 0 Å². The van der Waals surface area contributed by atoms with Crippen LogP contribution in [0, 0.1) is 5.92 Å². The molecule has 0 nitrogen and oxygen atoms in total. The Morgan fingerprint density at radius 3 is 2.91 bits per heavy atom. The van der Waals surface area contributed by atoms with Crippen LogP contribution in [-0.4, -0.2) is 0 Å². The molecule has 1 unspecified atom stereocenters. The number of allylic oxidation sites excluding steroid dienone is 2. The zero-order valence-electron chi connectivity index (χ0n) is 7.90. The molecule has 0 bridgehead atoms. The van der Waals surface area contributed by atoms with E-state index in [1.165, 1.54) is 38.5 Å². The van der Waals surface area contributed by atoms with Crippen LogP contribution in [0.5, 0.6) is 0 Å². The number of hydrogen-bond donors (Lipinski definition) is 0. The molecule has 0 saturated carbocycles. The molecule has 0 N–H and O–H groups in total. The van der Waals surface area contributed by atoms with E-state index < -0.39 is 0 Å². The van der Waals surface area contributed by atoms with Crippen molar-refractivity contribution in [2.24, 2.45) is 5.92 Å². The molecule has 1 aliphatic rings. The second kappa shape index (κ2) is 4.58. The third-order valence-corrected chi connectivity index (χ3v) is 2.79. The Balaban J connectivity index is 2.52. The first-order valence-corrected chi connectivity index (χ1v) is 5.03. The maximum atomic E-state index is 2.48. The highest BCUT2D eigenvalue weighted by atomic mass is 14.1. The van der Waals surface area contributed by atoms with E-state index >= 15 is 0 Å². The summed E-state index contributed by atoms with van der Waals surface area (Å²) in [4.78, 5) is 0. The molecule has 0 aromatic heterocycles. The van der Waals surface area contributed by atoms with Crippen LogP contribution in [0.2, 0.25) is 0 Å². The standard InChI is InChI=1S/C11H20/c1-3-11-9-7-5-4-6-8-10(11)2/h9-10H,3-8H2,1-2H3/b11-9-. The topological polar surface area (TPSA) is 0 Å². The SMILES string of the molecule is CC/C1=C/CCCCCC1C. The molecule has 0 heteroatoms. The normalized spacial score (nSPS) is 31.8. The molecule has 0 radical (unpaired) electrons. The fourth-order valence-electron chi connectivity index (χ4n) is 1.94. The van der Waals surface area contributed by atoms with E-state index in [-0.39, 0.29) is 0 Å². The summed E-state index contributed by atoms with van der Waals surface area (Å²) in [6, 6.07) is 0. The van der Waals surface area contributed by atoms with Crippen LogP contribution in [-0.2, 0) is 0 Å². The Morgan fingerprint density at radius 2 is 2.18 bits per heavy atom. The summed E-state index contributed by atoms with van der Waals surface area (Å²) in [5.41, 5.74) is 1.70. The van der Waals surface area contributed by atoms with Gasteiger partial charge in [-0.05, 0) is 31.6 Å². The lowest BCUT2D eigenvalue weighted by molar-refractivity contribution is 0.519. The van der Waals surface area contributed by atoms with Crippen molar-refractivity contribution in [3.8, 4) is 0 Å². The Bertz CT molecular complexity index is 133. The van der Waals surface area contributed by atoms with Gasteiger partial charge >= 0.3 is 0 Å². The largest absolute Gasteiger partial charge is 0.0851 e. The molecule has 1 atom stereocenters. The highest BCUT2D eigenvalue weighted by Crippen LogP contribution is 2.24. The van der Waals surface area contributed by atoms with Gasteiger partial charge in [0.05, 0.1) is 0 Å². The molecular weight excluding hydrogens is 132 g/mol. The third kappa shape index (κ3) is 2.69. The smallest absolute Gasteiger partial charge is 0.0232 e. The first-order chi connectivity index (χ1) is 5.34. The van der Waals surface area contributed by atoms with E-state index in [4.69, 9.17) is 0 Å². The molecule has 64 valence electrons. The van der Waals surface area contributed by atoms with Crippen molar-refractivity contribution in [3.05, 3.63) is 11.6 Å². The highest BCUT2D eigenvalue weighted by molar-refractivity contribution is 5.05. The van der Waals surface area contributed by atoms with Gasteiger partial charge in [-0.15, -0.1) is 0 Å². The Morgan fingerprint density at radius 1 is 1.36 bits per heavy atom. The lowest BCUT2D eigenvalue weighted by atomic mass is 9.89. The maximum Gasteiger partial charge on any atom is -0.0232 e. The van der Waals surface area contributed by atoms with Crippen LogP contribution in [0.25, 0.3) is 0 Å². The number of rotatable bonds is 1. The van der Waals surface area contributed by atoms with Crippen LogP contribution < -0.4 is 0 Å². The average Bonchev–Trinajstić information content (AvgIpc) is 1.98. The van der Waals surface area contributed by atoms with Crippen LogP contribution in [0.1, 0.15) is 52.4 Å². The molecule has 11 heavy (non-hydrogen) atoms. The van der Waals surface area contributed by atoms with Gasteiger partial charge in [0.1, 0.15) is 0 Å². The van der Waals surface area contributed by atoms with Crippen molar-refractivity contribution < 1.29 is 0 Å². The first kappa shape index (κ1) is 8.83. The molecule has 0 aromatic rings. The second-order valence-electron chi connectivity index (χ2n) is 3.67. The van der Waals surface area contributed by atoms with Crippen molar-refractivity contribution in [3.63, 3.8) is 0 Å². The van der Waals surface area contributed by atoms with Crippen molar-refractivity contribution in [2.75, 3.05) is 0 Å². The van der Waals surface area contributed by atoms with Crippen molar-refractivity contribution in [1.29, 1.82) is 0 Å². The summed E-state index contributed by atoms with van der Waals surface area (Å²) >= 11 is 0. The molecular formula is C11H20. The highest BCUT2D eigenvalue weighted by Gasteiger charge is 2.08. The van der Waals surface area contributed by atoms with Gasteiger partial charge in [0.2, 0.25) is 0 Å². The van der Waals surface area contributed by atoms with Gasteiger partial charge in [-0.1, -0.05) is 38.3 Å². The average molecular weight is 152 g/mol. The minimum atomic E-state index is 0.861. The summed E-state index contributed by atoms with van der Waals surface area (Å²) in [5, 5.41) is 0. The van der Waals surface area contributed by atoms with Crippen LogP contribution in [0.4, 0.5) is 0 Å². The summed E-state index contributed by atoms with van der Waals surface area (Å²) in [6.45, 7) is 4.66. The van der Waals surface area contributed by atoms with Gasteiger partial charge in [0.15, 0.2) is 0 Å². The molecule has 0 aliphatic heterocycles. The van der Waals surface area contributed by atoms with Crippen LogP contribution in [0.15, 0.2) is 11.6 Å². The van der Waals surface area contributed by atoms with E-state index in [9.17, 15) is 0 Å². The lowest BCUT2D eigenvalue weighted by Crippen LogP contribution is -2.01. The zero-order valence-corrected chi connectivity index (χ0v) is 7.90. The Labute approximate surface area is 70.7 Å². The molecule has 0 amide bonds. The fourth-order valence-corrected chi connectivity index (χ4v) is 1.94. The minimum absolute atomic E-state index is 0.861. The summed E-state index contributed by atoms with van der Waals surface area (Å²) in [6.07, 6.45) is 10.8. The summed E-state index contributed by atoms with van der Waals surface area (Å²) in [5.74, 6) is 0.861. The van der Waals surface area contributed by atoms with E-state index in [1.54, 1.807) is 5.57 Å². The van der Waals surface area contributed by atoms with E-state index in [2.05, 4.69) is 19.9 Å². The van der Waals surface area contributed by atoms with Gasteiger partial charge in [0, 0.05) is 0 Å². The minimum Gasteiger partial charge on any atom is -0.0851 e. The first-order valence-electron chi connectivity index (χ1n) is 5.03. The van der Waals surface area contributed by atoms with Gasteiger partial charge in [-0.25, -0.2) is 0 Å². The molecule has 1 aliphatic carbocycles. The molecule has 0 saturated heterocycles. The molecule has 0 aromatic carbocycles. The quantitative estimate of drug-likeness (QED) is 0.499. The van der Waals surface area contributed by atoms with E-state index in [1.807, 2.05) is 0 Å². The maximum absolute atomic E-state index is 2.48. The van der Waals surface area contributed by atoms with E-state index in [0.29, 0.717) is 0 Å². The summed E-state index contributed by atoms with van der Waals surface area (Å²) < 4.78 is 0. The fraction of sp³-hybridized carbons (Fsp3) is 0.818. The van der Waals surface area contributed by atoms with Gasteiger partial charge < -0.3 is 0 Å². The van der Waals surface area contributed by atoms with Crippen LogP contribution >= 0.6 is 0 Å². The van der Waals surface area contributed by atoms with Crippen molar-refractivity contribution >= 4 is 0 Å². The third-order valence-electron chi connectivity index (χ3n) is 2.79. The lowest BCUT2D eigenvalue weighted by Gasteiger charge is -2.17. The number of hydrogen-bond acceptors (Lipinski definition) is 0. The van der Waals surface area contributed by atoms with Crippen molar-refractivity contribution in [2.45, 2.75) is 52.4 Å². The second-order valence-corrected chi connectivity index (χ2v) is 3.67. The van der Waals surface area contributed by atoms with E-state index in [0.717, 1.165) is 5.92 Å². The molecule has 0 spiro atoms. The van der Waals surface area contributed by atoms with Crippen LogP contribution in [0.3, 0.4) is 0 Å². The monoisotopic (exact) mass is 152 g/mol.